The van der Waals surface area contributed by atoms with Crippen molar-refractivity contribution in [2.75, 3.05) is 52.4 Å². The molecule has 4 heterocycles. The fraction of sp³-hybridized carbons (Fsp3) is 0.509. The van der Waals surface area contributed by atoms with Gasteiger partial charge in [-0.1, -0.05) is 130 Å². The van der Waals surface area contributed by atoms with Gasteiger partial charge in [-0.25, -0.2) is 19.6 Å². The average molecular weight is 995 g/mol. The largest absolute Gasteiger partial charge is 0.354 e. The van der Waals surface area contributed by atoms with Crippen molar-refractivity contribution in [3.8, 4) is 0 Å². The monoisotopic (exact) mass is 995 g/mol. The van der Waals surface area contributed by atoms with Gasteiger partial charge in [0.1, 0.15) is 12.1 Å². The Balaban J connectivity index is 0.000000199. The standard InChI is InChI=1S/C32H42N6O2.C25H36N6O2/c39-31(34-18-16-29-22-33-25-37(29)19-17-26-10-4-1-5-11-26)30-24-36(23-27-12-6-2-7-13-27)20-21-38(30)32(40)35-28-14-8-3-9-15-28;32-24(23-18-26-14-16-31(23)25(33)29-21-9-5-2-6-10-21)28-13-11-22-17-27-19-30(22)15-12-20-7-3-1-4-8-20/h1-2,4-7,10-13,22,25,28,30H,3,8-9,14-21,23-24H2,(H,34,39)(H,35,40);1,3-4,7-8,17,19,21,23,26H,2,5-6,9-16,18H2,(H,28,32)(H,29,33)/t30-;23-/m11/s1. The number of amides is 6. The molecule has 2 aromatic heterocycles. The van der Waals surface area contributed by atoms with Crippen molar-refractivity contribution in [2.24, 2.45) is 0 Å². The quantitative estimate of drug-likeness (QED) is 0.0700. The zero-order chi connectivity index (χ0) is 50.5. The first-order chi connectivity index (χ1) is 35.9. The van der Waals surface area contributed by atoms with E-state index in [1.807, 2.05) is 55.4 Å². The van der Waals surface area contributed by atoms with Crippen LogP contribution in [0.1, 0.15) is 92.3 Å². The second-order valence-corrected chi connectivity index (χ2v) is 20.1. The summed E-state index contributed by atoms with van der Waals surface area (Å²) in [5.41, 5.74) is 5.99. The normalized spacial score (nSPS) is 18.8. The van der Waals surface area contributed by atoms with Gasteiger partial charge in [-0.2, -0.15) is 0 Å². The first kappa shape index (κ1) is 52.8. The van der Waals surface area contributed by atoms with Crippen LogP contribution in [-0.4, -0.2) is 134 Å². The predicted molar refractivity (Wildman–Crippen MR) is 285 cm³/mol. The Labute approximate surface area is 432 Å². The number of imidazole rings is 2. The average Bonchev–Trinajstić information content (AvgIpc) is 4.10. The summed E-state index contributed by atoms with van der Waals surface area (Å²) < 4.78 is 4.30. The lowest BCUT2D eigenvalue weighted by Gasteiger charge is -2.41. The van der Waals surface area contributed by atoms with Crippen molar-refractivity contribution < 1.29 is 19.2 Å². The fourth-order valence-corrected chi connectivity index (χ4v) is 10.6. The van der Waals surface area contributed by atoms with Gasteiger partial charge in [0.2, 0.25) is 11.8 Å². The van der Waals surface area contributed by atoms with E-state index in [9.17, 15) is 19.2 Å². The molecule has 0 bridgehead atoms. The van der Waals surface area contributed by atoms with Crippen molar-refractivity contribution in [2.45, 2.75) is 134 Å². The molecule has 6 amide bonds. The molecule has 2 saturated heterocycles. The summed E-state index contributed by atoms with van der Waals surface area (Å²) in [6.07, 6.45) is 22.0. The zero-order valence-corrected chi connectivity index (χ0v) is 42.7. The van der Waals surface area contributed by atoms with Crippen molar-refractivity contribution in [1.82, 2.24) is 60.4 Å². The maximum absolute atomic E-state index is 13.5. The molecule has 5 N–H and O–H groups in total. The van der Waals surface area contributed by atoms with Gasteiger partial charge in [0.15, 0.2) is 0 Å². The molecule has 0 unspecified atom stereocenters. The second kappa shape index (κ2) is 28.1. The molecule has 2 aliphatic heterocycles. The molecule has 2 saturated carbocycles. The number of benzene rings is 3. The Morgan fingerprint density at radius 2 is 1.00 bits per heavy atom. The van der Waals surface area contributed by atoms with Crippen LogP contribution < -0.4 is 26.6 Å². The molecule has 0 spiro atoms. The molecule has 4 fully saturated rings. The minimum atomic E-state index is -0.524. The van der Waals surface area contributed by atoms with Gasteiger partial charge in [-0.3, -0.25) is 14.5 Å². The SMILES string of the molecule is O=C(NCCc1cncn1CCc1ccccc1)[C@H]1CN(Cc2ccccc2)CCN1C(=O)NC1CCCCC1.O=C(NCCc1cncn1CCc1ccccc1)[C@H]1CNCCN1C(=O)NC1CCCCC1. The van der Waals surface area contributed by atoms with Crippen molar-refractivity contribution in [3.63, 3.8) is 0 Å². The lowest BCUT2D eigenvalue weighted by Crippen LogP contribution is -2.63. The van der Waals surface area contributed by atoms with E-state index in [2.05, 4.69) is 111 Å². The molecule has 3 aromatic carbocycles. The zero-order valence-electron chi connectivity index (χ0n) is 42.7. The van der Waals surface area contributed by atoms with Gasteiger partial charge < -0.3 is 45.5 Å². The third-order valence-electron chi connectivity index (χ3n) is 14.9. The van der Waals surface area contributed by atoms with Gasteiger partial charge in [-0.15, -0.1) is 0 Å². The summed E-state index contributed by atoms with van der Waals surface area (Å²) in [6, 6.07) is 30.4. The molecule has 16 heteroatoms. The summed E-state index contributed by atoms with van der Waals surface area (Å²) in [4.78, 5) is 67.1. The number of carbonyl (C=O) groups excluding carboxylic acids is 4. The number of hydrogen-bond donors (Lipinski definition) is 5. The molecular formula is C57H78N12O4. The number of aryl methyl sites for hydroxylation is 4. The molecule has 16 nitrogen and oxygen atoms in total. The van der Waals surface area contributed by atoms with E-state index < -0.39 is 12.1 Å². The van der Waals surface area contributed by atoms with Crippen LogP contribution >= 0.6 is 0 Å². The summed E-state index contributed by atoms with van der Waals surface area (Å²) in [6.45, 7) is 7.04. The van der Waals surface area contributed by atoms with Gasteiger partial charge in [0.25, 0.3) is 0 Å². The Morgan fingerprint density at radius 3 is 1.51 bits per heavy atom. The third kappa shape index (κ3) is 16.2. The highest BCUT2D eigenvalue weighted by Crippen LogP contribution is 2.21. The van der Waals surface area contributed by atoms with E-state index >= 15 is 0 Å². The first-order valence-corrected chi connectivity index (χ1v) is 27.1. The molecule has 4 aliphatic rings. The summed E-state index contributed by atoms with van der Waals surface area (Å²) in [7, 11) is 0. The highest BCUT2D eigenvalue weighted by Gasteiger charge is 2.37. The van der Waals surface area contributed by atoms with E-state index in [-0.39, 0.29) is 36.0 Å². The number of carbonyl (C=O) groups is 4. The van der Waals surface area contributed by atoms with Crippen LogP contribution in [0.25, 0.3) is 0 Å². The van der Waals surface area contributed by atoms with Crippen molar-refractivity contribution in [3.05, 3.63) is 144 Å². The lowest BCUT2D eigenvalue weighted by atomic mass is 9.95. The predicted octanol–water partition coefficient (Wildman–Crippen LogP) is 6.11. The number of aromatic nitrogens is 4. The minimum Gasteiger partial charge on any atom is -0.354 e. The summed E-state index contributed by atoms with van der Waals surface area (Å²) >= 11 is 0. The second-order valence-electron chi connectivity index (χ2n) is 20.1. The van der Waals surface area contributed by atoms with E-state index in [0.717, 1.165) is 88.9 Å². The van der Waals surface area contributed by atoms with Crippen LogP contribution in [0.15, 0.2) is 116 Å². The minimum absolute atomic E-state index is 0.0908. The van der Waals surface area contributed by atoms with Crippen LogP contribution in [0.3, 0.4) is 0 Å². The topological polar surface area (TPSA) is 174 Å². The van der Waals surface area contributed by atoms with Crippen LogP contribution in [0, 0.1) is 0 Å². The Bertz CT molecular complexity index is 2440. The summed E-state index contributed by atoms with van der Waals surface area (Å²) in [5, 5.41) is 15.8. The number of hydrogen-bond acceptors (Lipinski definition) is 8. The number of rotatable bonds is 18. The molecule has 0 radical (unpaired) electrons. The molecule has 9 rings (SSSR count). The molecule has 2 aliphatic carbocycles. The smallest absolute Gasteiger partial charge is 0.318 e. The molecule has 5 aromatic rings. The van der Waals surface area contributed by atoms with Crippen LogP contribution in [0.4, 0.5) is 9.59 Å². The number of piperazine rings is 2. The van der Waals surface area contributed by atoms with E-state index in [0.29, 0.717) is 58.7 Å². The van der Waals surface area contributed by atoms with E-state index in [1.165, 1.54) is 42.4 Å². The van der Waals surface area contributed by atoms with Crippen LogP contribution in [-0.2, 0) is 54.9 Å². The van der Waals surface area contributed by atoms with Crippen LogP contribution in [0.5, 0.6) is 0 Å². The van der Waals surface area contributed by atoms with E-state index in [1.54, 1.807) is 9.80 Å². The lowest BCUT2D eigenvalue weighted by molar-refractivity contribution is -0.127. The number of nitrogens with one attached hydrogen (secondary N) is 5. The van der Waals surface area contributed by atoms with Crippen molar-refractivity contribution in [1.29, 1.82) is 0 Å². The van der Waals surface area contributed by atoms with Gasteiger partial charge in [0, 0.05) is 121 Å². The van der Waals surface area contributed by atoms with Gasteiger partial charge in [0.05, 0.1) is 12.7 Å². The molecular weight excluding hydrogens is 917 g/mol. The Kier molecular flexibility index (Phi) is 20.3. The Morgan fingerprint density at radius 1 is 0.534 bits per heavy atom. The fourth-order valence-electron chi connectivity index (χ4n) is 10.6. The molecule has 390 valence electrons. The molecule has 2 atom stereocenters. The first-order valence-electron chi connectivity index (χ1n) is 27.1. The maximum Gasteiger partial charge on any atom is 0.318 e. The third-order valence-corrected chi connectivity index (χ3v) is 14.9. The van der Waals surface area contributed by atoms with Crippen molar-refractivity contribution >= 4 is 23.9 Å². The van der Waals surface area contributed by atoms with E-state index in [4.69, 9.17) is 0 Å². The highest BCUT2D eigenvalue weighted by atomic mass is 16.2. The number of nitrogens with zero attached hydrogens (tertiary/aromatic N) is 7. The highest BCUT2D eigenvalue weighted by molar-refractivity contribution is 5.88. The Hall–Kier alpha value is -6.52. The maximum atomic E-state index is 13.5. The van der Waals surface area contributed by atoms with Crippen LogP contribution in [0.2, 0.25) is 0 Å². The van der Waals surface area contributed by atoms with Gasteiger partial charge in [-0.05, 0) is 55.2 Å². The molecule has 73 heavy (non-hydrogen) atoms. The summed E-state index contributed by atoms with van der Waals surface area (Å²) in [5.74, 6) is -0.191. The number of urea groups is 2. The van der Waals surface area contributed by atoms with Gasteiger partial charge >= 0.3 is 12.1 Å².